The number of nitrogens with zero attached hydrogens (tertiary/aromatic N) is 1. The van der Waals surface area contributed by atoms with Gasteiger partial charge in [-0.3, -0.25) is 0 Å². The van der Waals surface area contributed by atoms with Crippen molar-refractivity contribution in [2.45, 2.75) is 39.5 Å². The fraction of sp³-hybridized carbons (Fsp3) is 0.889. The molecule has 1 heteroatoms. The van der Waals surface area contributed by atoms with Crippen LogP contribution in [-0.2, 0) is 0 Å². The van der Waals surface area contributed by atoms with Gasteiger partial charge >= 0.3 is 0 Å². The SMILES string of the molecule is C[C@H]1CC[C@](C)(C#N)CC1. The minimum absolute atomic E-state index is 0.00646. The van der Waals surface area contributed by atoms with Gasteiger partial charge in [0.25, 0.3) is 0 Å². The molecule has 0 amide bonds. The molecule has 0 unspecified atom stereocenters. The molecule has 1 aliphatic rings. The summed E-state index contributed by atoms with van der Waals surface area (Å²) in [5.74, 6) is 0.849. The highest BCUT2D eigenvalue weighted by atomic mass is 14.4. The maximum atomic E-state index is 8.79. The Bertz CT molecular complexity index is 147. The van der Waals surface area contributed by atoms with Crippen LogP contribution in [-0.4, -0.2) is 0 Å². The summed E-state index contributed by atoms with van der Waals surface area (Å²) in [7, 11) is 0. The van der Waals surface area contributed by atoms with Gasteiger partial charge in [0.15, 0.2) is 0 Å². The zero-order valence-electron chi connectivity index (χ0n) is 6.85. The highest BCUT2D eigenvalue weighted by Crippen LogP contribution is 2.37. The Kier molecular flexibility index (Phi) is 1.99. The van der Waals surface area contributed by atoms with Gasteiger partial charge in [0.2, 0.25) is 0 Å². The van der Waals surface area contributed by atoms with Gasteiger partial charge in [-0.1, -0.05) is 6.92 Å². The van der Waals surface area contributed by atoms with Crippen molar-refractivity contribution in [2.24, 2.45) is 11.3 Å². The third-order valence-electron chi connectivity index (χ3n) is 2.65. The van der Waals surface area contributed by atoms with Crippen LogP contribution in [0.1, 0.15) is 39.5 Å². The van der Waals surface area contributed by atoms with Crippen LogP contribution < -0.4 is 0 Å². The van der Waals surface area contributed by atoms with Gasteiger partial charge in [-0.25, -0.2) is 0 Å². The van der Waals surface area contributed by atoms with Crippen LogP contribution in [0.15, 0.2) is 0 Å². The summed E-state index contributed by atoms with van der Waals surface area (Å²) in [6.45, 7) is 4.36. The largest absolute Gasteiger partial charge is 0.198 e. The molecule has 0 spiro atoms. The van der Waals surface area contributed by atoms with Gasteiger partial charge < -0.3 is 0 Å². The molecule has 0 N–H and O–H groups in total. The molecule has 0 aromatic heterocycles. The van der Waals surface area contributed by atoms with Crippen LogP contribution in [0.3, 0.4) is 0 Å². The molecular formula is C9H15N. The summed E-state index contributed by atoms with van der Waals surface area (Å²) >= 11 is 0. The van der Waals surface area contributed by atoms with E-state index >= 15 is 0 Å². The van der Waals surface area contributed by atoms with Gasteiger partial charge in [0.1, 0.15) is 0 Å². The second-order valence-corrected chi connectivity index (χ2v) is 3.85. The molecule has 0 radical (unpaired) electrons. The van der Waals surface area contributed by atoms with Gasteiger partial charge in [-0.2, -0.15) is 5.26 Å². The van der Waals surface area contributed by atoms with Gasteiger partial charge in [-0.15, -0.1) is 0 Å². The summed E-state index contributed by atoms with van der Waals surface area (Å²) in [6.07, 6.45) is 4.68. The molecule has 0 aromatic rings. The van der Waals surface area contributed by atoms with Crippen molar-refractivity contribution in [3.8, 4) is 6.07 Å². The molecule has 1 nitrogen and oxygen atoms in total. The quantitative estimate of drug-likeness (QED) is 0.503. The third kappa shape index (κ3) is 1.50. The van der Waals surface area contributed by atoms with Crippen molar-refractivity contribution in [3.05, 3.63) is 0 Å². The van der Waals surface area contributed by atoms with E-state index in [4.69, 9.17) is 5.26 Å². The zero-order valence-corrected chi connectivity index (χ0v) is 6.85. The average molecular weight is 137 g/mol. The monoisotopic (exact) mass is 137 g/mol. The molecule has 0 aliphatic heterocycles. The van der Waals surface area contributed by atoms with E-state index in [0.717, 1.165) is 18.8 Å². The van der Waals surface area contributed by atoms with Crippen molar-refractivity contribution in [2.75, 3.05) is 0 Å². The molecule has 0 saturated heterocycles. The standard InChI is InChI=1S/C9H15N/c1-8-3-5-9(2,7-10)6-4-8/h8H,3-6H2,1-2H3/t8-,9-. The van der Waals surface area contributed by atoms with E-state index in [9.17, 15) is 0 Å². The molecule has 56 valence electrons. The number of rotatable bonds is 0. The Balaban J connectivity index is 2.48. The van der Waals surface area contributed by atoms with E-state index in [1.54, 1.807) is 0 Å². The second kappa shape index (κ2) is 2.62. The fourth-order valence-electron chi connectivity index (χ4n) is 1.51. The van der Waals surface area contributed by atoms with Gasteiger partial charge in [0.05, 0.1) is 11.5 Å². The summed E-state index contributed by atoms with van der Waals surface area (Å²) in [5, 5.41) is 8.79. The van der Waals surface area contributed by atoms with Crippen LogP contribution >= 0.6 is 0 Å². The minimum atomic E-state index is 0.00646. The molecule has 10 heavy (non-hydrogen) atoms. The molecule has 0 heterocycles. The van der Waals surface area contributed by atoms with E-state index in [-0.39, 0.29) is 5.41 Å². The summed E-state index contributed by atoms with van der Waals surface area (Å²) in [4.78, 5) is 0. The lowest BCUT2D eigenvalue weighted by Crippen LogP contribution is -2.21. The number of hydrogen-bond acceptors (Lipinski definition) is 1. The van der Waals surface area contributed by atoms with E-state index in [1.165, 1.54) is 12.8 Å². The molecule has 0 bridgehead atoms. The first-order valence-corrected chi connectivity index (χ1v) is 4.07. The lowest BCUT2D eigenvalue weighted by molar-refractivity contribution is 0.241. The summed E-state index contributed by atoms with van der Waals surface area (Å²) < 4.78 is 0. The van der Waals surface area contributed by atoms with Crippen LogP contribution in [0.2, 0.25) is 0 Å². The molecule has 1 rings (SSSR count). The van der Waals surface area contributed by atoms with Crippen LogP contribution in [0.5, 0.6) is 0 Å². The number of nitriles is 1. The molecular weight excluding hydrogens is 122 g/mol. The predicted octanol–water partition coefficient (Wildman–Crippen LogP) is 2.73. The third-order valence-corrected chi connectivity index (χ3v) is 2.65. The van der Waals surface area contributed by atoms with E-state index in [0.29, 0.717) is 0 Å². The molecule has 0 aromatic carbocycles. The van der Waals surface area contributed by atoms with Crippen molar-refractivity contribution in [1.82, 2.24) is 0 Å². The Morgan fingerprint density at radius 2 is 1.90 bits per heavy atom. The predicted molar refractivity (Wildman–Crippen MR) is 41.4 cm³/mol. The van der Waals surface area contributed by atoms with Crippen LogP contribution in [0, 0.1) is 22.7 Å². The fourth-order valence-corrected chi connectivity index (χ4v) is 1.51. The lowest BCUT2D eigenvalue weighted by Gasteiger charge is -2.29. The van der Waals surface area contributed by atoms with E-state index in [1.807, 2.05) is 0 Å². The van der Waals surface area contributed by atoms with Crippen molar-refractivity contribution in [3.63, 3.8) is 0 Å². The first-order valence-electron chi connectivity index (χ1n) is 4.07. The normalized spacial score (nSPS) is 40.7. The van der Waals surface area contributed by atoms with Crippen LogP contribution in [0.25, 0.3) is 0 Å². The lowest BCUT2D eigenvalue weighted by atomic mass is 9.73. The first-order chi connectivity index (χ1) is 4.66. The minimum Gasteiger partial charge on any atom is -0.198 e. The van der Waals surface area contributed by atoms with Crippen molar-refractivity contribution >= 4 is 0 Å². The molecule has 1 fully saturated rings. The first kappa shape index (κ1) is 7.60. The topological polar surface area (TPSA) is 23.8 Å². The molecule has 1 saturated carbocycles. The highest BCUT2D eigenvalue weighted by Gasteiger charge is 2.28. The maximum Gasteiger partial charge on any atom is 0.0686 e. The zero-order chi connectivity index (χ0) is 7.61. The van der Waals surface area contributed by atoms with E-state index in [2.05, 4.69) is 19.9 Å². The average Bonchev–Trinajstić information content (AvgIpc) is 1.96. The smallest absolute Gasteiger partial charge is 0.0686 e. The maximum absolute atomic E-state index is 8.79. The summed E-state index contributed by atoms with van der Waals surface area (Å²) in [5.41, 5.74) is 0.00646. The molecule has 0 atom stereocenters. The Morgan fingerprint density at radius 1 is 1.40 bits per heavy atom. The van der Waals surface area contributed by atoms with Crippen LogP contribution in [0.4, 0.5) is 0 Å². The highest BCUT2D eigenvalue weighted by molar-refractivity contribution is 4.97. The Morgan fingerprint density at radius 3 is 2.30 bits per heavy atom. The second-order valence-electron chi connectivity index (χ2n) is 3.85. The Labute approximate surface area is 63.0 Å². The van der Waals surface area contributed by atoms with Gasteiger partial charge in [-0.05, 0) is 38.5 Å². The van der Waals surface area contributed by atoms with Gasteiger partial charge in [0, 0.05) is 0 Å². The Hall–Kier alpha value is -0.510. The van der Waals surface area contributed by atoms with E-state index < -0.39 is 0 Å². The molecule has 1 aliphatic carbocycles. The number of hydrogen-bond donors (Lipinski definition) is 0. The van der Waals surface area contributed by atoms with Crippen molar-refractivity contribution in [1.29, 1.82) is 5.26 Å². The summed E-state index contributed by atoms with van der Waals surface area (Å²) in [6, 6.07) is 2.40. The van der Waals surface area contributed by atoms with Crippen molar-refractivity contribution < 1.29 is 0 Å².